The fraction of sp³-hybridized carbons (Fsp3) is 0.360. The smallest absolute Gasteiger partial charge is 0.254 e. The van der Waals surface area contributed by atoms with Gasteiger partial charge in [0.15, 0.2) is 0 Å². The molecule has 1 aliphatic heterocycles. The Balaban J connectivity index is 1.76. The van der Waals surface area contributed by atoms with E-state index in [1.54, 1.807) is 47.4 Å². The van der Waals surface area contributed by atoms with E-state index >= 15 is 0 Å². The second-order valence-corrected chi connectivity index (χ2v) is 8.53. The van der Waals surface area contributed by atoms with Gasteiger partial charge in [-0.3, -0.25) is 4.79 Å². The summed E-state index contributed by atoms with van der Waals surface area (Å²) in [7, 11) is 0. The number of anilines is 1. The molecule has 0 spiro atoms. The normalized spacial score (nSPS) is 14.8. The number of carbonyl (C=O) groups excluding carboxylic acids is 1. The second-order valence-electron chi connectivity index (χ2n) is 8.09. The van der Waals surface area contributed by atoms with Crippen molar-refractivity contribution >= 4 is 23.4 Å². The Morgan fingerprint density at radius 2 is 1.88 bits per heavy atom. The number of benzene rings is 2. The highest BCUT2D eigenvalue weighted by Gasteiger charge is 2.30. The van der Waals surface area contributed by atoms with Crippen molar-refractivity contribution < 1.29 is 18.4 Å². The van der Waals surface area contributed by atoms with Crippen LogP contribution in [-0.4, -0.2) is 48.3 Å². The van der Waals surface area contributed by atoms with Gasteiger partial charge in [0.1, 0.15) is 11.5 Å². The van der Waals surface area contributed by atoms with Gasteiger partial charge in [0.05, 0.1) is 25.3 Å². The molecule has 2 heterocycles. The first-order valence-corrected chi connectivity index (χ1v) is 11.5. The highest BCUT2D eigenvalue weighted by atomic mass is 35.5. The number of amides is 1. The molecule has 1 atom stereocenters. The fourth-order valence-corrected chi connectivity index (χ4v) is 4.03. The quantitative estimate of drug-likeness (QED) is 0.461. The van der Waals surface area contributed by atoms with Crippen molar-refractivity contribution in [2.75, 3.05) is 31.2 Å². The zero-order valence-electron chi connectivity index (χ0n) is 18.8. The van der Waals surface area contributed by atoms with E-state index in [4.69, 9.17) is 20.9 Å². The molecule has 0 aliphatic carbocycles. The minimum atomic E-state index is -0.389. The lowest BCUT2D eigenvalue weighted by molar-refractivity contribution is 0.0671. The van der Waals surface area contributed by atoms with E-state index in [0.29, 0.717) is 59.6 Å². The number of hydrogen-bond acceptors (Lipinski definition) is 5. The second kappa shape index (κ2) is 10.4. The first-order chi connectivity index (χ1) is 16.0. The van der Waals surface area contributed by atoms with E-state index in [1.807, 2.05) is 18.7 Å². The van der Waals surface area contributed by atoms with Gasteiger partial charge in [-0.1, -0.05) is 35.8 Å². The highest BCUT2D eigenvalue weighted by Crippen LogP contribution is 2.35. The van der Waals surface area contributed by atoms with Crippen LogP contribution in [0.2, 0.25) is 5.02 Å². The van der Waals surface area contributed by atoms with Crippen molar-refractivity contribution in [1.29, 1.82) is 0 Å². The van der Waals surface area contributed by atoms with Gasteiger partial charge in [-0.05, 0) is 49.7 Å². The molecule has 8 heteroatoms. The molecule has 1 amide bonds. The number of rotatable bonds is 7. The van der Waals surface area contributed by atoms with E-state index in [0.717, 1.165) is 6.42 Å². The van der Waals surface area contributed by atoms with Crippen molar-refractivity contribution in [2.24, 2.45) is 0 Å². The minimum Gasteiger partial charge on any atom is -0.378 e. The number of nitrogens with zero attached hydrogens (tertiary/aromatic N) is 3. The standard InChI is InChI=1S/C25H27ClFN3O3/c1-3-17(2)30(24(31)18-8-10-19(26)11-9-18)16-21-23(20-6-4-5-7-22(20)27)28-33-25(21)29-12-14-32-15-13-29/h4-11,17H,3,12-16H2,1-2H3/t17-/m1/s1. The summed E-state index contributed by atoms with van der Waals surface area (Å²) in [6, 6.07) is 13.2. The largest absolute Gasteiger partial charge is 0.378 e. The summed E-state index contributed by atoms with van der Waals surface area (Å²) in [4.78, 5) is 17.3. The number of carbonyl (C=O) groups is 1. The third-order valence-corrected chi connectivity index (χ3v) is 6.25. The third-order valence-electron chi connectivity index (χ3n) is 6.00. The van der Waals surface area contributed by atoms with Gasteiger partial charge in [-0.2, -0.15) is 0 Å². The summed E-state index contributed by atoms with van der Waals surface area (Å²) in [5.74, 6) is 0.0306. The van der Waals surface area contributed by atoms with Crippen molar-refractivity contribution in [3.63, 3.8) is 0 Å². The van der Waals surface area contributed by atoms with Crippen LogP contribution >= 0.6 is 11.6 Å². The maximum Gasteiger partial charge on any atom is 0.254 e. The first kappa shape index (κ1) is 23.3. The predicted molar refractivity (Wildman–Crippen MR) is 126 cm³/mol. The lowest BCUT2D eigenvalue weighted by Crippen LogP contribution is -2.39. The monoisotopic (exact) mass is 471 g/mol. The number of hydrogen-bond donors (Lipinski definition) is 0. The average Bonchev–Trinajstić information content (AvgIpc) is 3.26. The summed E-state index contributed by atoms with van der Waals surface area (Å²) in [6.07, 6.45) is 0.756. The molecule has 1 saturated heterocycles. The third kappa shape index (κ3) is 5.04. The van der Waals surface area contributed by atoms with Crippen LogP contribution in [0, 0.1) is 5.82 Å². The lowest BCUT2D eigenvalue weighted by atomic mass is 10.0. The van der Waals surface area contributed by atoms with Crippen LogP contribution in [0.4, 0.5) is 10.3 Å². The first-order valence-electron chi connectivity index (χ1n) is 11.1. The Bertz CT molecular complexity index is 1100. The molecule has 1 aliphatic rings. The van der Waals surface area contributed by atoms with Gasteiger partial charge in [-0.25, -0.2) is 4.39 Å². The van der Waals surface area contributed by atoms with Crippen molar-refractivity contribution in [2.45, 2.75) is 32.9 Å². The van der Waals surface area contributed by atoms with E-state index in [-0.39, 0.29) is 24.3 Å². The van der Waals surface area contributed by atoms with Gasteiger partial charge in [0.2, 0.25) is 5.88 Å². The van der Waals surface area contributed by atoms with Gasteiger partial charge in [0.25, 0.3) is 5.91 Å². The summed E-state index contributed by atoms with van der Waals surface area (Å²) in [6.45, 7) is 6.65. The molecule has 6 nitrogen and oxygen atoms in total. The van der Waals surface area contributed by atoms with Crippen molar-refractivity contribution in [1.82, 2.24) is 10.1 Å². The van der Waals surface area contributed by atoms with Crippen molar-refractivity contribution in [3.05, 3.63) is 70.5 Å². The summed E-state index contributed by atoms with van der Waals surface area (Å²) >= 11 is 6.01. The Hall–Kier alpha value is -2.90. The van der Waals surface area contributed by atoms with E-state index in [9.17, 15) is 9.18 Å². The highest BCUT2D eigenvalue weighted by molar-refractivity contribution is 6.30. The Morgan fingerprint density at radius 3 is 2.55 bits per heavy atom. The number of ether oxygens (including phenoxy) is 1. The minimum absolute atomic E-state index is 0.0610. The molecule has 3 aromatic rings. The Labute approximate surface area is 197 Å². The van der Waals surface area contributed by atoms with Crippen LogP contribution < -0.4 is 4.90 Å². The lowest BCUT2D eigenvalue weighted by Gasteiger charge is -2.31. The predicted octanol–water partition coefficient (Wildman–Crippen LogP) is 5.41. The van der Waals surface area contributed by atoms with Crippen LogP contribution in [-0.2, 0) is 11.3 Å². The Kier molecular flexibility index (Phi) is 7.30. The van der Waals surface area contributed by atoms with Gasteiger partial charge < -0.3 is 19.1 Å². The summed E-state index contributed by atoms with van der Waals surface area (Å²) < 4.78 is 26.0. The van der Waals surface area contributed by atoms with Crippen LogP contribution in [0.5, 0.6) is 0 Å². The molecule has 0 saturated carbocycles. The zero-order valence-corrected chi connectivity index (χ0v) is 19.5. The van der Waals surface area contributed by atoms with Crippen LogP contribution in [0.15, 0.2) is 53.1 Å². The molecule has 1 aromatic heterocycles. The van der Waals surface area contributed by atoms with E-state index in [2.05, 4.69) is 5.16 Å². The van der Waals surface area contributed by atoms with Crippen LogP contribution in [0.1, 0.15) is 36.2 Å². The summed E-state index contributed by atoms with van der Waals surface area (Å²) in [5.41, 5.74) is 1.98. The SMILES string of the molecule is CC[C@@H](C)N(Cc1c(-c2ccccc2F)noc1N1CCOCC1)C(=O)c1ccc(Cl)cc1. The molecular weight excluding hydrogens is 445 g/mol. The molecule has 0 unspecified atom stereocenters. The summed E-state index contributed by atoms with van der Waals surface area (Å²) in [5, 5.41) is 4.82. The molecule has 1 fully saturated rings. The molecule has 0 bridgehead atoms. The van der Waals surface area contributed by atoms with Gasteiger partial charge >= 0.3 is 0 Å². The van der Waals surface area contributed by atoms with E-state index < -0.39 is 0 Å². The van der Waals surface area contributed by atoms with E-state index in [1.165, 1.54) is 6.07 Å². The van der Waals surface area contributed by atoms with Crippen LogP contribution in [0.25, 0.3) is 11.3 Å². The molecule has 2 aromatic carbocycles. The van der Waals surface area contributed by atoms with Crippen molar-refractivity contribution in [3.8, 4) is 11.3 Å². The molecule has 0 radical (unpaired) electrons. The number of halogens is 2. The number of aromatic nitrogens is 1. The molecule has 33 heavy (non-hydrogen) atoms. The molecule has 0 N–H and O–H groups in total. The number of morpholine rings is 1. The maximum absolute atomic E-state index is 14.7. The average molecular weight is 472 g/mol. The maximum atomic E-state index is 14.7. The molecule has 4 rings (SSSR count). The van der Waals surface area contributed by atoms with Gasteiger partial charge in [-0.15, -0.1) is 0 Å². The topological polar surface area (TPSA) is 58.8 Å². The molecule has 174 valence electrons. The van der Waals surface area contributed by atoms with Crippen LogP contribution in [0.3, 0.4) is 0 Å². The molecular formula is C25H27ClFN3O3. The Morgan fingerprint density at radius 1 is 1.18 bits per heavy atom. The zero-order chi connectivity index (χ0) is 23.4. The van der Waals surface area contributed by atoms with Gasteiger partial charge in [0, 0.05) is 35.3 Å². The fourth-order valence-electron chi connectivity index (χ4n) is 3.90.